The van der Waals surface area contributed by atoms with Crippen molar-refractivity contribution < 1.29 is 14.0 Å². The van der Waals surface area contributed by atoms with Crippen LogP contribution in [0.1, 0.15) is 17.0 Å². The van der Waals surface area contributed by atoms with Gasteiger partial charge in [-0.2, -0.15) is 0 Å². The largest absolute Gasteiger partial charge is 0.275 e. The van der Waals surface area contributed by atoms with Crippen LogP contribution in [0.5, 0.6) is 0 Å². The van der Waals surface area contributed by atoms with Crippen LogP contribution in [0, 0.1) is 5.82 Å². The van der Waals surface area contributed by atoms with Crippen LogP contribution in [0.25, 0.3) is 0 Å². The van der Waals surface area contributed by atoms with E-state index >= 15 is 0 Å². The van der Waals surface area contributed by atoms with E-state index in [1.165, 1.54) is 24.3 Å². The standard InChI is InChI=1S/C17H18FNO2/c1-19(21-2)17(20)16(14-6-4-3-5-7-14)12-13-8-10-15(18)11-9-13/h3-11,16H,12H2,1-2H3. The van der Waals surface area contributed by atoms with E-state index in [0.29, 0.717) is 6.42 Å². The van der Waals surface area contributed by atoms with Gasteiger partial charge in [0.25, 0.3) is 5.91 Å². The van der Waals surface area contributed by atoms with E-state index in [2.05, 4.69) is 0 Å². The predicted molar refractivity (Wildman–Crippen MR) is 79.1 cm³/mol. The molecule has 1 unspecified atom stereocenters. The van der Waals surface area contributed by atoms with Gasteiger partial charge in [-0.1, -0.05) is 42.5 Å². The van der Waals surface area contributed by atoms with Gasteiger partial charge in [0, 0.05) is 7.05 Å². The lowest BCUT2D eigenvalue weighted by Crippen LogP contribution is -2.32. The van der Waals surface area contributed by atoms with Gasteiger partial charge in [0.05, 0.1) is 13.0 Å². The molecular weight excluding hydrogens is 269 g/mol. The fourth-order valence-electron chi connectivity index (χ4n) is 2.20. The van der Waals surface area contributed by atoms with E-state index in [4.69, 9.17) is 4.84 Å². The zero-order chi connectivity index (χ0) is 15.2. The van der Waals surface area contributed by atoms with E-state index in [1.807, 2.05) is 30.3 Å². The lowest BCUT2D eigenvalue weighted by molar-refractivity contribution is -0.170. The van der Waals surface area contributed by atoms with Crippen molar-refractivity contribution in [2.24, 2.45) is 0 Å². The van der Waals surface area contributed by atoms with E-state index in [1.54, 1.807) is 19.2 Å². The molecule has 1 atom stereocenters. The number of nitrogens with zero attached hydrogens (tertiary/aromatic N) is 1. The van der Waals surface area contributed by atoms with Gasteiger partial charge in [0.2, 0.25) is 0 Å². The van der Waals surface area contributed by atoms with Crippen LogP contribution >= 0.6 is 0 Å². The molecule has 0 bridgehead atoms. The Morgan fingerprint density at radius 1 is 1.14 bits per heavy atom. The molecule has 0 heterocycles. The fourth-order valence-corrected chi connectivity index (χ4v) is 2.20. The summed E-state index contributed by atoms with van der Waals surface area (Å²) < 4.78 is 13.0. The van der Waals surface area contributed by atoms with Crippen molar-refractivity contribution in [1.82, 2.24) is 5.06 Å². The lowest BCUT2D eigenvalue weighted by Gasteiger charge is -2.22. The predicted octanol–water partition coefficient (Wildman–Crippen LogP) is 3.17. The molecule has 1 amide bonds. The summed E-state index contributed by atoms with van der Waals surface area (Å²) in [4.78, 5) is 17.5. The molecule has 2 aromatic carbocycles. The molecule has 0 aromatic heterocycles. The third kappa shape index (κ3) is 3.89. The Morgan fingerprint density at radius 2 is 1.76 bits per heavy atom. The first-order chi connectivity index (χ1) is 10.1. The van der Waals surface area contributed by atoms with Crippen LogP contribution in [-0.2, 0) is 16.1 Å². The van der Waals surface area contributed by atoms with Gasteiger partial charge >= 0.3 is 0 Å². The third-order valence-electron chi connectivity index (χ3n) is 3.44. The van der Waals surface area contributed by atoms with E-state index < -0.39 is 0 Å². The highest BCUT2D eigenvalue weighted by Crippen LogP contribution is 2.23. The first-order valence-corrected chi connectivity index (χ1v) is 6.73. The van der Waals surface area contributed by atoms with Crippen molar-refractivity contribution in [2.45, 2.75) is 12.3 Å². The maximum absolute atomic E-state index is 13.0. The van der Waals surface area contributed by atoms with Crippen LogP contribution in [0.15, 0.2) is 54.6 Å². The molecule has 0 N–H and O–H groups in total. The topological polar surface area (TPSA) is 29.5 Å². The molecule has 0 saturated carbocycles. The van der Waals surface area contributed by atoms with Crippen molar-refractivity contribution in [2.75, 3.05) is 14.2 Å². The van der Waals surface area contributed by atoms with Crippen molar-refractivity contribution in [3.8, 4) is 0 Å². The molecule has 0 spiro atoms. The van der Waals surface area contributed by atoms with Crippen molar-refractivity contribution in [3.63, 3.8) is 0 Å². The number of carbonyl (C=O) groups excluding carboxylic acids is 1. The number of rotatable bonds is 5. The van der Waals surface area contributed by atoms with E-state index in [-0.39, 0.29) is 17.6 Å². The highest BCUT2D eigenvalue weighted by molar-refractivity contribution is 5.83. The van der Waals surface area contributed by atoms with Crippen LogP contribution in [0.3, 0.4) is 0 Å². The minimum absolute atomic E-state index is 0.131. The second-order valence-electron chi connectivity index (χ2n) is 4.81. The molecule has 2 aromatic rings. The molecule has 0 aliphatic rings. The number of carbonyl (C=O) groups is 1. The van der Waals surface area contributed by atoms with Crippen molar-refractivity contribution in [3.05, 3.63) is 71.5 Å². The SMILES string of the molecule is CON(C)C(=O)C(Cc1ccc(F)cc1)c1ccccc1. The van der Waals surface area contributed by atoms with Crippen LogP contribution in [-0.4, -0.2) is 25.1 Å². The molecule has 2 rings (SSSR count). The minimum Gasteiger partial charge on any atom is -0.275 e. The highest BCUT2D eigenvalue weighted by Gasteiger charge is 2.24. The third-order valence-corrected chi connectivity index (χ3v) is 3.44. The molecule has 0 aliphatic carbocycles. The number of amides is 1. The Labute approximate surface area is 123 Å². The number of benzene rings is 2. The monoisotopic (exact) mass is 287 g/mol. The van der Waals surface area contributed by atoms with E-state index in [9.17, 15) is 9.18 Å². The molecule has 110 valence electrons. The second-order valence-corrected chi connectivity index (χ2v) is 4.81. The summed E-state index contributed by atoms with van der Waals surface area (Å²) in [6.45, 7) is 0. The zero-order valence-corrected chi connectivity index (χ0v) is 12.1. The highest BCUT2D eigenvalue weighted by atomic mass is 19.1. The van der Waals surface area contributed by atoms with Gasteiger partial charge in [0.15, 0.2) is 0 Å². The van der Waals surface area contributed by atoms with Crippen LogP contribution in [0.2, 0.25) is 0 Å². The van der Waals surface area contributed by atoms with Gasteiger partial charge in [-0.15, -0.1) is 0 Å². The molecular formula is C17H18FNO2. The normalized spacial score (nSPS) is 12.0. The summed E-state index contributed by atoms with van der Waals surface area (Å²) in [6, 6.07) is 15.7. The van der Waals surface area contributed by atoms with Gasteiger partial charge in [0.1, 0.15) is 5.82 Å². The van der Waals surface area contributed by atoms with Crippen LogP contribution in [0.4, 0.5) is 4.39 Å². The number of halogens is 1. The minimum atomic E-state index is -0.360. The Hall–Kier alpha value is -2.20. The molecule has 0 fully saturated rings. The summed E-state index contributed by atoms with van der Waals surface area (Å²) >= 11 is 0. The van der Waals surface area contributed by atoms with Crippen molar-refractivity contribution in [1.29, 1.82) is 0 Å². The summed E-state index contributed by atoms with van der Waals surface area (Å²) in [5, 5.41) is 1.22. The quantitative estimate of drug-likeness (QED) is 0.791. The summed E-state index contributed by atoms with van der Waals surface area (Å²) in [5.41, 5.74) is 1.82. The Morgan fingerprint density at radius 3 is 2.33 bits per heavy atom. The Balaban J connectivity index is 2.28. The van der Waals surface area contributed by atoms with E-state index in [0.717, 1.165) is 11.1 Å². The summed E-state index contributed by atoms with van der Waals surface area (Å²) in [7, 11) is 3.04. The average molecular weight is 287 g/mol. The van der Waals surface area contributed by atoms with Crippen LogP contribution < -0.4 is 0 Å². The van der Waals surface area contributed by atoms with Gasteiger partial charge in [-0.05, 0) is 29.7 Å². The molecule has 0 radical (unpaired) electrons. The number of hydroxylamine groups is 2. The Kier molecular flexibility index (Phi) is 5.06. The maximum atomic E-state index is 13.0. The number of hydrogen-bond acceptors (Lipinski definition) is 2. The molecule has 4 heteroatoms. The fraction of sp³-hybridized carbons (Fsp3) is 0.235. The lowest BCUT2D eigenvalue weighted by atomic mass is 9.91. The Bertz CT molecular complexity index is 583. The summed E-state index contributed by atoms with van der Waals surface area (Å²) in [5.74, 6) is -0.773. The molecule has 21 heavy (non-hydrogen) atoms. The van der Waals surface area contributed by atoms with Crippen molar-refractivity contribution >= 4 is 5.91 Å². The smallest absolute Gasteiger partial charge is 0.253 e. The summed E-state index contributed by atoms with van der Waals surface area (Å²) in [6.07, 6.45) is 0.497. The maximum Gasteiger partial charge on any atom is 0.253 e. The zero-order valence-electron chi connectivity index (χ0n) is 12.1. The molecule has 0 saturated heterocycles. The molecule has 3 nitrogen and oxygen atoms in total. The second kappa shape index (κ2) is 6.99. The number of hydrogen-bond donors (Lipinski definition) is 0. The van der Waals surface area contributed by atoms with Gasteiger partial charge < -0.3 is 0 Å². The number of likely N-dealkylation sites (N-methyl/N-ethyl adjacent to an activating group) is 1. The van der Waals surface area contributed by atoms with Gasteiger partial charge in [-0.25, -0.2) is 9.45 Å². The first kappa shape index (κ1) is 15.2. The molecule has 0 aliphatic heterocycles. The average Bonchev–Trinajstić information content (AvgIpc) is 2.53. The first-order valence-electron chi connectivity index (χ1n) is 6.73. The van der Waals surface area contributed by atoms with Gasteiger partial charge in [-0.3, -0.25) is 9.63 Å².